The number of halogens is 1. The van der Waals surface area contributed by atoms with Gasteiger partial charge in [0.25, 0.3) is 0 Å². The maximum absolute atomic E-state index is 12.7. The fourth-order valence-electron chi connectivity index (χ4n) is 5.05. The van der Waals surface area contributed by atoms with Crippen LogP contribution in [0.1, 0.15) is 52.9 Å². The molecule has 7 nitrogen and oxygen atoms in total. The number of carbonyl (C=O) groups is 1. The van der Waals surface area contributed by atoms with Crippen molar-refractivity contribution in [1.82, 2.24) is 24.9 Å². The fourth-order valence-corrected chi connectivity index (χ4v) is 5.05. The molecule has 0 saturated carbocycles. The van der Waals surface area contributed by atoms with Crippen molar-refractivity contribution in [2.45, 2.75) is 58.9 Å². The summed E-state index contributed by atoms with van der Waals surface area (Å²) in [6, 6.07) is -0.00115. The molecule has 0 aromatic heterocycles. The fraction of sp³-hybridized carbons (Fsp3) is 0.913. The van der Waals surface area contributed by atoms with E-state index in [1.165, 1.54) is 38.9 Å². The van der Waals surface area contributed by atoms with Crippen molar-refractivity contribution in [3.8, 4) is 0 Å². The zero-order valence-electron chi connectivity index (χ0n) is 20.0. The summed E-state index contributed by atoms with van der Waals surface area (Å²) < 4.78 is 0. The number of nitrogens with one attached hydrogen (secondary N) is 1. The minimum Gasteiger partial charge on any atom is -0.357 e. The summed E-state index contributed by atoms with van der Waals surface area (Å²) in [7, 11) is 0. The summed E-state index contributed by atoms with van der Waals surface area (Å²) in [5.74, 6) is 2.20. The summed E-state index contributed by atoms with van der Waals surface area (Å²) in [5.41, 5.74) is 0. The van der Waals surface area contributed by atoms with Crippen LogP contribution in [0, 0.1) is 5.92 Å². The van der Waals surface area contributed by atoms with Crippen LogP contribution in [0.15, 0.2) is 4.99 Å². The lowest BCUT2D eigenvalue weighted by Crippen LogP contribution is -2.57. The van der Waals surface area contributed by atoms with E-state index in [4.69, 9.17) is 4.99 Å². The molecule has 3 fully saturated rings. The summed E-state index contributed by atoms with van der Waals surface area (Å²) in [6.45, 7) is 17.6. The molecule has 0 spiro atoms. The minimum atomic E-state index is -0.00115. The zero-order valence-corrected chi connectivity index (χ0v) is 22.4. The number of piperidine rings is 1. The Balaban J connectivity index is 0.00000341. The van der Waals surface area contributed by atoms with Gasteiger partial charge < -0.3 is 20.0 Å². The van der Waals surface area contributed by atoms with Crippen molar-refractivity contribution >= 4 is 35.8 Å². The van der Waals surface area contributed by atoms with Crippen molar-refractivity contribution < 1.29 is 4.79 Å². The lowest BCUT2D eigenvalue weighted by Gasteiger charge is -2.39. The van der Waals surface area contributed by atoms with Gasteiger partial charge in [-0.1, -0.05) is 6.92 Å². The van der Waals surface area contributed by atoms with Crippen LogP contribution < -0.4 is 5.32 Å². The van der Waals surface area contributed by atoms with Crippen LogP contribution in [-0.2, 0) is 4.79 Å². The van der Waals surface area contributed by atoms with E-state index in [9.17, 15) is 4.79 Å². The van der Waals surface area contributed by atoms with Crippen molar-refractivity contribution in [3.63, 3.8) is 0 Å². The third-order valence-corrected chi connectivity index (χ3v) is 7.22. The lowest BCUT2D eigenvalue weighted by molar-refractivity contribution is -0.135. The second kappa shape index (κ2) is 13.8. The van der Waals surface area contributed by atoms with E-state index in [0.717, 1.165) is 77.1 Å². The van der Waals surface area contributed by atoms with Gasteiger partial charge in [0.05, 0.1) is 6.04 Å². The van der Waals surface area contributed by atoms with Gasteiger partial charge in [0.1, 0.15) is 0 Å². The van der Waals surface area contributed by atoms with Crippen molar-refractivity contribution in [2.24, 2.45) is 10.9 Å². The maximum Gasteiger partial charge on any atom is 0.239 e. The molecule has 3 rings (SSSR count). The molecular formula is C23H45IN6O. The van der Waals surface area contributed by atoms with Gasteiger partial charge in [0, 0.05) is 52.4 Å². The molecule has 1 amide bonds. The predicted octanol–water partition coefficient (Wildman–Crippen LogP) is 2.32. The first-order valence-corrected chi connectivity index (χ1v) is 12.4. The Kier molecular flexibility index (Phi) is 11.9. The normalized spacial score (nSPS) is 23.0. The van der Waals surface area contributed by atoms with Crippen LogP contribution in [0.5, 0.6) is 0 Å². The van der Waals surface area contributed by atoms with Gasteiger partial charge in [-0.25, -0.2) is 0 Å². The SMILES string of the molecule is CCNC(=NCCC1CCN(CC)CC1)N1CCN(C(C)C(=O)N2CCCC2)CC1.I. The standard InChI is InChI=1S/C23H44N6O.HI/c1-4-24-23(25-11-8-21-9-14-26(5-2)15-10-21)29-18-16-27(17-19-29)20(3)22(30)28-12-6-7-13-28;/h20-21H,4-19H2,1-3H3,(H,24,25);1H. The van der Waals surface area contributed by atoms with E-state index in [-0.39, 0.29) is 30.0 Å². The Morgan fingerprint density at radius 1 is 0.968 bits per heavy atom. The van der Waals surface area contributed by atoms with E-state index < -0.39 is 0 Å². The summed E-state index contributed by atoms with van der Waals surface area (Å²) in [6.07, 6.45) is 6.16. The molecule has 8 heteroatoms. The summed E-state index contributed by atoms with van der Waals surface area (Å²) in [4.78, 5) is 27.0. The van der Waals surface area contributed by atoms with Crippen LogP contribution in [-0.4, -0.2) is 110 Å². The third-order valence-electron chi connectivity index (χ3n) is 7.22. The Morgan fingerprint density at radius 2 is 1.61 bits per heavy atom. The Morgan fingerprint density at radius 3 is 2.19 bits per heavy atom. The first-order valence-electron chi connectivity index (χ1n) is 12.4. The molecule has 3 saturated heterocycles. The van der Waals surface area contributed by atoms with Crippen molar-refractivity contribution in [3.05, 3.63) is 0 Å². The van der Waals surface area contributed by atoms with Crippen LogP contribution in [0.3, 0.4) is 0 Å². The number of amides is 1. The number of aliphatic imine (C=N–C) groups is 1. The number of guanidine groups is 1. The molecule has 0 aliphatic carbocycles. The van der Waals surface area contributed by atoms with E-state index in [1.54, 1.807) is 0 Å². The van der Waals surface area contributed by atoms with Crippen LogP contribution >= 0.6 is 24.0 Å². The number of rotatable bonds is 7. The lowest BCUT2D eigenvalue weighted by atomic mass is 9.94. The minimum absolute atomic E-state index is 0. The molecule has 1 atom stereocenters. The molecule has 0 radical (unpaired) electrons. The highest BCUT2D eigenvalue weighted by Crippen LogP contribution is 2.20. The Labute approximate surface area is 207 Å². The van der Waals surface area contributed by atoms with E-state index in [1.807, 2.05) is 4.90 Å². The monoisotopic (exact) mass is 548 g/mol. The molecule has 0 aromatic carbocycles. The average Bonchev–Trinajstić information content (AvgIpc) is 3.33. The summed E-state index contributed by atoms with van der Waals surface area (Å²) >= 11 is 0. The van der Waals surface area contributed by atoms with Gasteiger partial charge >= 0.3 is 0 Å². The molecule has 1 unspecified atom stereocenters. The number of hydrogen-bond acceptors (Lipinski definition) is 4. The van der Waals surface area contributed by atoms with Gasteiger partial charge in [0.15, 0.2) is 5.96 Å². The smallest absolute Gasteiger partial charge is 0.239 e. The highest BCUT2D eigenvalue weighted by Gasteiger charge is 2.30. The molecule has 31 heavy (non-hydrogen) atoms. The topological polar surface area (TPSA) is 54.4 Å². The Bertz CT molecular complexity index is 552. The second-order valence-corrected chi connectivity index (χ2v) is 9.13. The van der Waals surface area contributed by atoms with Gasteiger partial charge in [-0.2, -0.15) is 0 Å². The zero-order chi connectivity index (χ0) is 21.3. The molecule has 0 bridgehead atoms. The van der Waals surface area contributed by atoms with E-state index >= 15 is 0 Å². The highest BCUT2D eigenvalue weighted by atomic mass is 127. The molecule has 0 aromatic rings. The van der Waals surface area contributed by atoms with Gasteiger partial charge in [-0.3, -0.25) is 14.7 Å². The maximum atomic E-state index is 12.7. The van der Waals surface area contributed by atoms with Crippen LogP contribution in [0.25, 0.3) is 0 Å². The number of hydrogen-bond donors (Lipinski definition) is 1. The van der Waals surface area contributed by atoms with Crippen molar-refractivity contribution in [2.75, 3.05) is 72.0 Å². The third kappa shape index (κ3) is 7.74. The first-order chi connectivity index (χ1) is 14.6. The molecule has 3 heterocycles. The van der Waals surface area contributed by atoms with Gasteiger partial charge in [0.2, 0.25) is 5.91 Å². The van der Waals surface area contributed by atoms with E-state index in [0.29, 0.717) is 5.91 Å². The number of likely N-dealkylation sites (tertiary alicyclic amines) is 2. The predicted molar refractivity (Wildman–Crippen MR) is 139 cm³/mol. The van der Waals surface area contributed by atoms with E-state index in [2.05, 4.69) is 40.8 Å². The van der Waals surface area contributed by atoms with Gasteiger partial charge in [-0.05, 0) is 71.5 Å². The number of piperazine rings is 1. The second-order valence-electron chi connectivity index (χ2n) is 9.13. The summed E-state index contributed by atoms with van der Waals surface area (Å²) in [5, 5.41) is 3.49. The number of nitrogens with zero attached hydrogens (tertiary/aromatic N) is 5. The van der Waals surface area contributed by atoms with Gasteiger partial charge in [-0.15, -0.1) is 24.0 Å². The van der Waals surface area contributed by atoms with Crippen LogP contribution in [0.4, 0.5) is 0 Å². The van der Waals surface area contributed by atoms with Crippen molar-refractivity contribution in [1.29, 1.82) is 0 Å². The number of carbonyl (C=O) groups excluding carboxylic acids is 1. The molecular weight excluding hydrogens is 503 g/mol. The average molecular weight is 549 g/mol. The molecule has 3 aliphatic rings. The molecule has 3 aliphatic heterocycles. The molecule has 180 valence electrons. The molecule has 1 N–H and O–H groups in total. The largest absolute Gasteiger partial charge is 0.357 e. The van der Waals surface area contributed by atoms with Crippen LogP contribution in [0.2, 0.25) is 0 Å². The quantitative estimate of drug-likeness (QED) is 0.301. The Hall–Kier alpha value is -0.610. The highest BCUT2D eigenvalue weighted by molar-refractivity contribution is 14.0. The first kappa shape index (κ1) is 26.6.